The van der Waals surface area contributed by atoms with Crippen LogP contribution in [-0.2, 0) is 4.79 Å². The summed E-state index contributed by atoms with van der Waals surface area (Å²) in [6, 6.07) is 0. The van der Waals surface area contributed by atoms with Crippen LogP contribution in [0.5, 0.6) is 0 Å². The average Bonchev–Trinajstić information content (AvgIpc) is 2.20. The third-order valence-electron chi connectivity index (χ3n) is 3.43. The summed E-state index contributed by atoms with van der Waals surface area (Å²) in [5.74, 6) is 0.830. The Kier molecular flexibility index (Phi) is 5.32. The first-order valence-electron chi connectivity index (χ1n) is 6.02. The van der Waals surface area contributed by atoms with Crippen LogP contribution in [0.3, 0.4) is 0 Å². The Labute approximate surface area is 96.0 Å². The van der Waals surface area contributed by atoms with Crippen LogP contribution >= 0.6 is 0 Å². The Morgan fingerprint density at radius 1 is 1.50 bits per heavy atom. The van der Waals surface area contributed by atoms with E-state index in [4.69, 9.17) is 0 Å². The maximum atomic E-state index is 12.2. The van der Waals surface area contributed by atoms with Gasteiger partial charge in [-0.1, -0.05) is 13.3 Å². The Balaban J connectivity index is 2.41. The van der Waals surface area contributed by atoms with Crippen LogP contribution in [0.25, 0.3) is 0 Å². The highest BCUT2D eigenvalue weighted by Crippen LogP contribution is 2.29. The zero-order valence-electron chi connectivity index (χ0n) is 10.1. The van der Waals surface area contributed by atoms with Crippen molar-refractivity contribution >= 4 is 5.78 Å². The van der Waals surface area contributed by atoms with E-state index in [9.17, 15) is 13.6 Å². The molecule has 0 amide bonds. The summed E-state index contributed by atoms with van der Waals surface area (Å²) in [5.41, 5.74) is 0. The van der Waals surface area contributed by atoms with E-state index >= 15 is 0 Å². The fourth-order valence-corrected chi connectivity index (χ4v) is 2.44. The summed E-state index contributed by atoms with van der Waals surface area (Å²) in [4.78, 5) is 13.2. The van der Waals surface area contributed by atoms with Crippen molar-refractivity contribution in [2.24, 2.45) is 11.8 Å². The number of rotatable bonds is 5. The van der Waals surface area contributed by atoms with Crippen LogP contribution in [-0.4, -0.2) is 37.2 Å². The van der Waals surface area contributed by atoms with Crippen molar-refractivity contribution in [2.45, 2.75) is 39.0 Å². The van der Waals surface area contributed by atoms with E-state index in [1.165, 1.54) is 0 Å². The van der Waals surface area contributed by atoms with Crippen LogP contribution in [0.2, 0.25) is 0 Å². The largest absolute Gasteiger partial charge is 0.300 e. The van der Waals surface area contributed by atoms with E-state index < -0.39 is 6.43 Å². The second-order valence-corrected chi connectivity index (χ2v) is 4.82. The summed E-state index contributed by atoms with van der Waals surface area (Å²) in [5, 5.41) is 0. The van der Waals surface area contributed by atoms with E-state index in [2.05, 4.69) is 6.92 Å². The highest BCUT2D eigenvalue weighted by atomic mass is 19.3. The van der Waals surface area contributed by atoms with Crippen molar-refractivity contribution in [2.75, 3.05) is 20.1 Å². The molecule has 1 saturated carbocycles. The van der Waals surface area contributed by atoms with Crippen molar-refractivity contribution in [3.8, 4) is 0 Å². The number of nitrogens with zero attached hydrogens (tertiary/aromatic N) is 1. The first kappa shape index (κ1) is 13.6. The topological polar surface area (TPSA) is 20.3 Å². The quantitative estimate of drug-likeness (QED) is 0.727. The van der Waals surface area contributed by atoms with E-state index in [1.54, 1.807) is 11.9 Å². The smallest absolute Gasteiger partial charge is 0.251 e. The van der Waals surface area contributed by atoms with Gasteiger partial charge in [-0.15, -0.1) is 0 Å². The molecule has 16 heavy (non-hydrogen) atoms. The van der Waals surface area contributed by atoms with E-state index in [1.807, 2.05) is 0 Å². The van der Waals surface area contributed by atoms with Gasteiger partial charge in [-0.25, -0.2) is 8.78 Å². The van der Waals surface area contributed by atoms with Gasteiger partial charge in [0.25, 0.3) is 6.43 Å². The van der Waals surface area contributed by atoms with Crippen molar-refractivity contribution in [1.29, 1.82) is 0 Å². The van der Waals surface area contributed by atoms with Gasteiger partial charge < -0.3 is 4.90 Å². The SMILES string of the molecule is CCC1CCC(=O)C(CN(C)CC(F)F)C1. The van der Waals surface area contributed by atoms with Crippen LogP contribution < -0.4 is 0 Å². The zero-order chi connectivity index (χ0) is 12.1. The zero-order valence-corrected chi connectivity index (χ0v) is 10.1. The first-order valence-corrected chi connectivity index (χ1v) is 6.02. The summed E-state index contributed by atoms with van der Waals surface area (Å²) in [6.07, 6.45) is 1.26. The predicted molar refractivity (Wildman–Crippen MR) is 59.6 cm³/mol. The third kappa shape index (κ3) is 4.16. The lowest BCUT2D eigenvalue weighted by molar-refractivity contribution is -0.126. The summed E-state index contributed by atoms with van der Waals surface area (Å²) in [7, 11) is 1.66. The molecule has 4 heteroatoms. The highest BCUT2D eigenvalue weighted by molar-refractivity contribution is 5.81. The molecule has 2 atom stereocenters. The van der Waals surface area contributed by atoms with Crippen molar-refractivity contribution in [3.63, 3.8) is 0 Å². The van der Waals surface area contributed by atoms with Gasteiger partial charge in [0.2, 0.25) is 0 Å². The molecule has 1 aliphatic rings. The molecule has 2 unspecified atom stereocenters. The van der Waals surface area contributed by atoms with Gasteiger partial charge in [-0.2, -0.15) is 0 Å². The van der Waals surface area contributed by atoms with Gasteiger partial charge in [0.15, 0.2) is 0 Å². The molecule has 1 rings (SSSR count). The van der Waals surface area contributed by atoms with Crippen LogP contribution in [0.4, 0.5) is 8.78 Å². The van der Waals surface area contributed by atoms with E-state index in [0.717, 1.165) is 19.3 Å². The second kappa shape index (κ2) is 6.28. The van der Waals surface area contributed by atoms with Gasteiger partial charge in [-0.3, -0.25) is 4.79 Å². The minimum Gasteiger partial charge on any atom is -0.300 e. The number of carbonyl (C=O) groups excluding carboxylic acids is 1. The van der Waals surface area contributed by atoms with Crippen molar-refractivity contribution in [3.05, 3.63) is 0 Å². The fourth-order valence-electron chi connectivity index (χ4n) is 2.44. The molecule has 0 saturated heterocycles. The molecule has 0 aromatic carbocycles. The monoisotopic (exact) mass is 233 g/mol. The molecule has 0 spiro atoms. The fraction of sp³-hybridized carbons (Fsp3) is 0.917. The molecule has 0 bridgehead atoms. The third-order valence-corrected chi connectivity index (χ3v) is 3.43. The minimum absolute atomic E-state index is 0.0255. The molecule has 94 valence electrons. The van der Waals surface area contributed by atoms with Crippen molar-refractivity contribution in [1.82, 2.24) is 4.90 Å². The van der Waals surface area contributed by atoms with Gasteiger partial charge in [-0.05, 0) is 25.8 Å². The van der Waals surface area contributed by atoms with Gasteiger partial charge in [0.1, 0.15) is 5.78 Å². The molecule has 0 aromatic rings. The molecular weight excluding hydrogens is 212 g/mol. The second-order valence-electron chi connectivity index (χ2n) is 4.82. The summed E-state index contributed by atoms with van der Waals surface area (Å²) in [6.45, 7) is 2.38. The van der Waals surface area contributed by atoms with Crippen molar-refractivity contribution < 1.29 is 13.6 Å². The Morgan fingerprint density at radius 2 is 2.19 bits per heavy atom. The molecule has 0 aliphatic heterocycles. The first-order chi connectivity index (χ1) is 7.52. The number of alkyl halides is 2. The predicted octanol–water partition coefficient (Wildman–Crippen LogP) is 2.58. The van der Waals surface area contributed by atoms with Gasteiger partial charge >= 0.3 is 0 Å². The number of hydrogen-bond acceptors (Lipinski definition) is 2. The van der Waals surface area contributed by atoms with Gasteiger partial charge in [0, 0.05) is 18.9 Å². The summed E-state index contributed by atoms with van der Waals surface area (Å²) < 4.78 is 24.3. The molecule has 1 fully saturated rings. The number of ketones is 1. The number of Topliss-reactive ketones (excluding diaryl/α,β-unsaturated/α-hetero) is 1. The van der Waals surface area contributed by atoms with Gasteiger partial charge in [0.05, 0.1) is 6.54 Å². The maximum Gasteiger partial charge on any atom is 0.251 e. The van der Waals surface area contributed by atoms with Crippen LogP contribution in [0.1, 0.15) is 32.6 Å². The average molecular weight is 233 g/mol. The lowest BCUT2D eigenvalue weighted by atomic mass is 9.79. The van der Waals surface area contributed by atoms with E-state index in [0.29, 0.717) is 18.9 Å². The number of halogens is 2. The highest BCUT2D eigenvalue weighted by Gasteiger charge is 2.28. The molecule has 0 aromatic heterocycles. The Morgan fingerprint density at radius 3 is 2.75 bits per heavy atom. The lowest BCUT2D eigenvalue weighted by Gasteiger charge is -2.30. The number of hydrogen-bond donors (Lipinski definition) is 0. The van der Waals surface area contributed by atoms with Crippen LogP contribution in [0.15, 0.2) is 0 Å². The Bertz CT molecular complexity index is 233. The maximum absolute atomic E-state index is 12.2. The normalized spacial score (nSPS) is 26.8. The lowest BCUT2D eigenvalue weighted by Crippen LogP contribution is -2.36. The Hall–Kier alpha value is -0.510. The molecule has 1 aliphatic carbocycles. The summed E-state index contributed by atoms with van der Waals surface area (Å²) >= 11 is 0. The van der Waals surface area contributed by atoms with E-state index in [-0.39, 0.29) is 18.2 Å². The standard InChI is InChI=1S/C12H21F2NO/c1-3-9-4-5-11(16)10(6-9)7-15(2)8-12(13)14/h9-10,12H,3-8H2,1-2H3. The molecule has 2 nitrogen and oxygen atoms in total. The molecule has 0 radical (unpaired) electrons. The molecule has 0 heterocycles. The van der Waals surface area contributed by atoms with Crippen LogP contribution in [0, 0.1) is 11.8 Å². The number of carbonyl (C=O) groups is 1. The minimum atomic E-state index is -2.31. The molecule has 0 N–H and O–H groups in total. The molecular formula is C12H21F2NO.